The van der Waals surface area contributed by atoms with Crippen molar-refractivity contribution < 1.29 is 29.5 Å². The van der Waals surface area contributed by atoms with Crippen molar-refractivity contribution in [3.8, 4) is 0 Å². The highest BCUT2D eigenvalue weighted by Gasteiger charge is 2.26. The zero-order chi connectivity index (χ0) is 17.1. The average Bonchev–Trinajstić information content (AvgIpc) is 2.96. The number of carboxylic acid groups (broad SMARTS) is 2. The van der Waals surface area contributed by atoms with Crippen LogP contribution >= 0.6 is 0 Å². The summed E-state index contributed by atoms with van der Waals surface area (Å²) < 4.78 is 0. The average molecular weight is 320 g/mol. The quantitative estimate of drug-likeness (QED) is 0.553. The Morgan fingerprint density at radius 2 is 1.70 bits per heavy atom. The number of aliphatic carboxylic acids is 1. The zero-order valence-corrected chi connectivity index (χ0v) is 11.7. The molecule has 1 aliphatic carbocycles. The van der Waals surface area contributed by atoms with Gasteiger partial charge in [0.2, 0.25) is 0 Å². The second-order valence-electron chi connectivity index (χ2n) is 4.90. The maximum atomic E-state index is 12.1. The Morgan fingerprint density at radius 1 is 1.04 bits per heavy atom. The Hall–Kier alpha value is -3.23. The molecule has 0 unspecified atom stereocenters. The van der Waals surface area contributed by atoms with Gasteiger partial charge < -0.3 is 15.5 Å². The van der Waals surface area contributed by atoms with E-state index < -0.39 is 28.5 Å². The predicted molar refractivity (Wildman–Crippen MR) is 77.2 cm³/mol. The van der Waals surface area contributed by atoms with Gasteiger partial charge in [-0.1, -0.05) is 0 Å². The van der Waals surface area contributed by atoms with Gasteiger partial charge in [-0.3, -0.25) is 14.9 Å². The van der Waals surface area contributed by atoms with Gasteiger partial charge >= 0.3 is 11.9 Å². The SMILES string of the molecule is O=C(O)C1=C(C(=O)Nc2cc(C(=O)O)cc([N+](=O)[O-])c2)CCC1. The summed E-state index contributed by atoms with van der Waals surface area (Å²) in [5, 5.41) is 31.1. The fourth-order valence-electron chi connectivity index (χ4n) is 2.35. The van der Waals surface area contributed by atoms with E-state index in [1.54, 1.807) is 0 Å². The topological polar surface area (TPSA) is 147 Å². The number of rotatable bonds is 5. The molecule has 0 heterocycles. The number of nitrogens with one attached hydrogen (secondary N) is 1. The molecule has 0 atom stereocenters. The second kappa shape index (κ2) is 6.26. The third kappa shape index (κ3) is 3.51. The summed E-state index contributed by atoms with van der Waals surface area (Å²) in [6.07, 6.45) is 1.08. The lowest BCUT2D eigenvalue weighted by Gasteiger charge is -2.08. The number of nitrogens with zero attached hydrogens (tertiary/aromatic N) is 1. The largest absolute Gasteiger partial charge is 0.478 e. The van der Waals surface area contributed by atoms with Gasteiger partial charge in [0, 0.05) is 29.0 Å². The van der Waals surface area contributed by atoms with Crippen LogP contribution in [0.3, 0.4) is 0 Å². The monoisotopic (exact) mass is 320 g/mol. The van der Waals surface area contributed by atoms with Gasteiger partial charge in [-0.05, 0) is 25.3 Å². The molecule has 0 fully saturated rings. The maximum absolute atomic E-state index is 12.1. The highest BCUT2D eigenvalue weighted by atomic mass is 16.6. The molecule has 0 aliphatic heterocycles. The van der Waals surface area contributed by atoms with Gasteiger partial charge in [-0.15, -0.1) is 0 Å². The minimum absolute atomic E-state index is 0.00592. The van der Waals surface area contributed by atoms with E-state index in [9.17, 15) is 24.5 Å². The number of nitro benzene ring substituents is 1. The zero-order valence-electron chi connectivity index (χ0n) is 11.7. The maximum Gasteiger partial charge on any atom is 0.336 e. The number of anilines is 1. The van der Waals surface area contributed by atoms with Crippen LogP contribution in [-0.2, 0) is 9.59 Å². The number of benzene rings is 1. The van der Waals surface area contributed by atoms with E-state index in [0.29, 0.717) is 6.42 Å². The molecule has 23 heavy (non-hydrogen) atoms. The number of hydrogen-bond acceptors (Lipinski definition) is 5. The molecule has 0 bridgehead atoms. The summed E-state index contributed by atoms with van der Waals surface area (Å²) in [5.41, 5.74) is -0.814. The van der Waals surface area contributed by atoms with Crippen LogP contribution in [0.4, 0.5) is 11.4 Å². The van der Waals surface area contributed by atoms with Crippen molar-refractivity contribution >= 4 is 29.2 Å². The van der Waals surface area contributed by atoms with Crippen molar-refractivity contribution in [1.82, 2.24) is 0 Å². The van der Waals surface area contributed by atoms with Gasteiger partial charge in [0.1, 0.15) is 0 Å². The molecule has 2 rings (SSSR count). The van der Waals surface area contributed by atoms with E-state index >= 15 is 0 Å². The Bertz CT molecular complexity index is 719. The molecule has 120 valence electrons. The number of nitro groups is 1. The first-order valence-electron chi connectivity index (χ1n) is 6.59. The molecule has 0 spiro atoms. The molecule has 1 aromatic carbocycles. The van der Waals surface area contributed by atoms with Crippen molar-refractivity contribution in [3.63, 3.8) is 0 Å². The first-order valence-corrected chi connectivity index (χ1v) is 6.59. The second-order valence-corrected chi connectivity index (χ2v) is 4.90. The summed E-state index contributed by atoms with van der Waals surface area (Å²) in [4.78, 5) is 44.2. The number of non-ortho nitro benzene ring substituents is 1. The van der Waals surface area contributed by atoms with Crippen molar-refractivity contribution in [2.45, 2.75) is 19.3 Å². The first kappa shape index (κ1) is 16.1. The lowest BCUT2D eigenvalue weighted by Crippen LogP contribution is -2.17. The number of hydrogen-bond donors (Lipinski definition) is 3. The van der Waals surface area contributed by atoms with Crippen molar-refractivity contribution in [2.24, 2.45) is 0 Å². The van der Waals surface area contributed by atoms with Gasteiger partial charge in [-0.2, -0.15) is 0 Å². The Balaban J connectivity index is 2.34. The highest BCUT2D eigenvalue weighted by Crippen LogP contribution is 2.28. The molecule has 0 saturated carbocycles. The fourth-order valence-corrected chi connectivity index (χ4v) is 2.35. The summed E-state index contributed by atoms with van der Waals surface area (Å²) in [6.45, 7) is 0. The minimum Gasteiger partial charge on any atom is -0.478 e. The van der Waals surface area contributed by atoms with Crippen LogP contribution in [0.2, 0.25) is 0 Å². The molecule has 9 heteroatoms. The van der Waals surface area contributed by atoms with E-state index in [0.717, 1.165) is 18.2 Å². The van der Waals surface area contributed by atoms with Crippen LogP contribution < -0.4 is 5.32 Å². The van der Waals surface area contributed by atoms with E-state index in [-0.39, 0.29) is 35.2 Å². The standard InChI is InChI=1S/C14H12N2O7/c17-12(10-2-1-3-11(10)14(20)21)15-8-4-7(13(18)19)5-9(6-8)16(22)23/h4-6H,1-3H2,(H,15,17)(H,18,19)(H,20,21). The Labute approximate surface area is 129 Å². The molecule has 0 saturated heterocycles. The Kier molecular flexibility index (Phi) is 4.39. The smallest absolute Gasteiger partial charge is 0.336 e. The molecule has 9 nitrogen and oxygen atoms in total. The van der Waals surface area contributed by atoms with E-state index in [1.807, 2.05) is 0 Å². The predicted octanol–water partition coefficient (Wildman–Crippen LogP) is 1.80. The number of aromatic carboxylic acids is 1. The van der Waals surface area contributed by atoms with E-state index in [1.165, 1.54) is 0 Å². The molecule has 3 N–H and O–H groups in total. The molecule has 1 amide bonds. The molecule has 0 radical (unpaired) electrons. The van der Waals surface area contributed by atoms with Crippen molar-refractivity contribution in [3.05, 3.63) is 45.0 Å². The summed E-state index contributed by atoms with van der Waals surface area (Å²) >= 11 is 0. The highest BCUT2D eigenvalue weighted by molar-refractivity contribution is 6.09. The minimum atomic E-state index is -1.38. The van der Waals surface area contributed by atoms with Gasteiger partial charge in [0.25, 0.3) is 11.6 Å². The Morgan fingerprint density at radius 3 is 2.26 bits per heavy atom. The summed E-state index contributed by atoms with van der Waals surface area (Å²) in [7, 11) is 0. The number of amides is 1. The molecular weight excluding hydrogens is 308 g/mol. The van der Waals surface area contributed by atoms with Crippen LogP contribution in [0, 0.1) is 10.1 Å². The van der Waals surface area contributed by atoms with Crippen LogP contribution in [0.5, 0.6) is 0 Å². The van der Waals surface area contributed by atoms with E-state index in [2.05, 4.69) is 5.32 Å². The van der Waals surface area contributed by atoms with Crippen molar-refractivity contribution in [2.75, 3.05) is 5.32 Å². The molecule has 0 aromatic heterocycles. The van der Waals surface area contributed by atoms with Crippen LogP contribution in [0.1, 0.15) is 29.6 Å². The number of carbonyl (C=O) groups excluding carboxylic acids is 1. The van der Waals surface area contributed by atoms with Gasteiger partial charge in [0.15, 0.2) is 0 Å². The van der Waals surface area contributed by atoms with Crippen molar-refractivity contribution in [1.29, 1.82) is 0 Å². The van der Waals surface area contributed by atoms with Crippen LogP contribution in [0.15, 0.2) is 29.3 Å². The number of carbonyl (C=O) groups is 3. The molecule has 1 aromatic rings. The summed E-state index contributed by atoms with van der Waals surface area (Å²) in [5.74, 6) is -3.26. The lowest BCUT2D eigenvalue weighted by atomic mass is 10.1. The third-order valence-electron chi connectivity index (χ3n) is 3.38. The van der Waals surface area contributed by atoms with Gasteiger partial charge in [0.05, 0.1) is 10.5 Å². The van der Waals surface area contributed by atoms with Gasteiger partial charge in [-0.25, -0.2) is 9.59 Å². The first-order chi connectivity index (χ1) is 10.8. The fraction of sp³-hybridized carbons (Fsp3) is 0.214. The third-order valence-corrected chi connectivity index (χ3v) is 3.38. The number of carboxylic acids is 2. The normalized spacial score (nSPS) is 13.7. The van der Waals surface area contributed by atoms with Crippen LogP contribution in [0.25, 0.3) is 0 Å². The molecule has 1 aliphatic rings. The lowest BCUT2D eigenvalue weighted by molar-refractivity contribution is -0.384. The molecular formula is C14H12N2O7. The van der Waals surface area contributed by atoms with Crippen LogP contribution in [-0.4, -0.2) is 33.0 Å². The van der Waals surface area contributed by atoms with E-state index in [4.69, 9.17) is 10.2 Å². The summed E-state index contributed by atoms with van der Waals surface area (Å²) in [6, 6.07) is 2.96.